The summed E-state index contributed by atoms with van der Waals surface area (Å²) in [4.78, 5) is 24.2. The number of nitrogens with two attached hydrogens (primary N) is 1. The number of rotatable bonds is 5. The molecule has 0 aromatic carbocycles. The molecule has 1 saturated heterocycles. The summed E-state index contributed by atoms with van der Waals surface area (Å²) in [6, 6.07) is 0.142. The molecule has 2 bridgehead atoms. The number of imidazole rings is 1. The number of aromatic nitrogens is 2. The Kier molecular flexibility index (Phi) is 14.1. The second-order valence-corrected chi connectivity index (χ2v) is 27.0. The van der Waals surface area contributed by atoms with Gasteiger partial charge in [-0.2, -0.15) is 0 Å². The summed E-state index contributed by atoms with van der Waals surface area (Å²) in [6.07, 6.45) is 21.3. The van der Waals surface area contributed by atoms with Crippen molar-refractivity contribution >= 4 is 33.3 Å². The number of carbonyl (C=O) groups excluding carboxylic acids is 1. The molecule has 1 aliphatic heterocycles. The molecular formula is C53H83N5O7S2. The molecule has 14 unspecified atom stereocenters. The Hall–Kier alpha value is -1.91. The fraction of sp³-hybridized carbons (Fsp3) is 0.830. The Bertz CT molecular complexity index is 2050. The summed E-state index contributed by atoms with van der Waals surface area (Å²) in [7, 11) is 3.85. The third-order valence-corrected chi connectivity index (χ3v) is 23.5. The number of ketones is 1. The normalized spacial score (nSPS) is 43.7. The summed E-state index contributed by atoms with van der Waals surface area (Å²) < 4.78 is 1.89. The zero-order valence-corrected chi connectivity index (χ0v) is 42.7. The molecule has 1 aromatic rings. The first-order chi connectivity index (χ1) is 31.8. The zero-order chi connectivity index (χ0) is 47.7. The molecule has 14 atom stereocenters. The van der Waals surface area contributed by atoms with E-state index in [0.29, 0.717) is 30.3 Å². The summed E-state index contributed by atoms with van der Waals surface area (Å²) in [5, 5.41) is 75.9. The van der Waals surface area contributed by atoms with E-state index in [4.69, 9.17) is 10.7 Å². The number of carbonyl (C=O) groups is 1. The lowest BCUT2D eigenvalue weighted by Gasteiger charge is -2.65. The van der Waals surface area contributed by atoms with Crippen LogP contribution in [0.5, 0.6) is 0 Å². The molecule has 9 N–H and O–H groups in total. The number of aliphatic imine (C=N–C) groups is 1. The molecule has 0 amide bonds. The number of guanidine groups is 1. The van der Waals surface area contributed by atoms with E-state index < -0.39 is 57.6 Å². The number of fused-ring (bicyclic) bond motifs is 10. The minimum absolute atomic E-state index is 0.0797. The molecule has 6 saturated carbocycles. The van der Waals surface area contributed by atoms with Crippen LogP contribution in [0.25, 0.3) is 0 Å². The van der Waals surface area contributed by atoms with Crippen LogP contribution in [0.2, 0.25) is 0 Å². The Morgan fingerprint density at radius 1 is 0.985 bits per heavy atom. The number of aliphatic hydroxyl groups is 6. The third kappa shape index (κ3) is 8.64. The summed E-state index contributed by atoms with van der Waals surface area (Å²) >= 11 is 0. The van der Waals surface area contributed by atoms with Crippen molar-refractivity contribution in [2.45, 2.75) is 198 Å². The number of hydrogen-bond acceptors (Lipinski definition) is 11. The Morgan fingerprint density at radius 2 is 1.70 bits per heavy atom. The number of aliphatic hydroxyl groups excluding tert-OH is 5. The highest BCUT2D eigenvalue weighted by Gasteiger charge is 2.76. The van der Waals surface area contributed by atoms with Crippen molar-refractivity contribution in [3.63, 3.8) is 0 Å². The van der Waals surface area contributed by atoms with Crippen LogP contribution in [0, 0.1) is 57.2 Å². The first-order valence-corrected chi connectivity index (χ1v) is 28.5. The van der Waals surface area contributed by atoms with E-state index in [1.807, 2.05) is 34.1 Å². The topological polar surface area (TPSA) is 207 Å². The molecule has 14 heteroatoms. The summed E-state index contributed by atoms with van der Waals surface area (Å²) in [5.74, 6) is -1.53. The van der Waals surface area contributed by atoms with Crippen molar-refractivity contribution in [2.24, 2.45) is 67.9 Å². The fourth-order valence-electron chi connectivity index (χ4n) is 16.9. The minimum atomic E-state index is -1.63. The average molecular weight is 966 g/mol. The van der Waals surface area contributed by atoms with Gasteiger partial charge in [-0.05, 0) is 148 Å². The predicted octanol–water partition coefficient (Wildman–Crippen LogP) is 7.63. The van der Waals surface area contributed by atoms with Crippen molar-refractivity contribution in [3.8, 4) is 0 Å². The van der Waals surface area contributed by atoms with Crippen molar-refractivity contribution in [1.82, 2.24) is 14.9 Å². The quantitative estimate of drug-likeness (QED) is 0.0472. The number of allylic oxidation sites excluding steroid dienone is 2. The highest BCUT2D eigenvalue weighted by Crippen LogP contribution is 2.75. The monoisotopic (exact) mass is 966 g/mol. The van der Waals surface area contributed by atoms with Gasteiger partial charge in [0.05, 0.1) is 36.8 Å². The molecule has 1 aromatic heterocycles. The second-order valence-electron chi connectivity index (χ2n) is 24.3. The van der Waals surface area contributed by atoms with Crippen LogP contribution in [0.1, 0.15) is 163 Å². The lowest BCUT2D eigenvalue weighted by atomic mass is 9.42. The highest BCUT2D eigenvalue weighted by molar-refractivity contribution is 8.77. The molecule has 8 aliphatic rings. The standard InChI is InChI=1S/C53H83N5O7S2/c1-32-37-23-45(53(65)40-22-42(62)39-21-43(63)44(64)27-49(39,5)46(40)35(25-51(37,53)30-59)28-56-47(54)57-33(2)60)52(16-7-6-8-17-52)67-66-29-36(58-19-18-55-31-58)26-48(3,4)38(20-41(32)61)34-12-11-15-50(24-34)13-9-10-14-50/h18-19,22,31-33,35-37,39,41,43-46,59-61,63-65H,6-17,20-21,23-30H2,1-5H3,(H3,54,56,57). The Balaban J connectivity index is 1.22. The smallest absolute Gasteiger partial charge is 0.190 e. The van der Waals surface area contributed by atoms with Crippen molar-refractivity contribution in [3.05, 3.63) is 41.5 Å². The molecular weight excluding hydrogens is 883 g/mol. The Morgan fingerprint density at radius 3 is 2.39 bits per heavy atom. The second kappa shape index (κ2) is 18.9. The van der Waals surface area contributed by atoms with E-state index in [9.17, 15) is 35.4 Å². The predicted molar refractivity (Wildman–Crippen MR) is 267 cm³/mol. The van der Waals surface area contributed by atoms with E-state index in [2.05, 4.69) is 48.8 Å². The van der Waals surface area contributed by atoms with Crippen LogP contribution < -0.4 is 11.1 Å². The van der Waals surface area contributed by atoms with Crippen LogP contribution in [-0.4, -0.2) is 106 Å². The molecule has 2 spiro atoms. The van der Waals surface area contributed by atoms with E-state index >= 15 is 0 Å². The van der Waals surface area contributed by atoms with Gasteiger partial charge < -0.3 is 46.3 Å². The van der Waals surface area contributed by atoms with Crippen LogP contribution >= 0.6 is 21.6 Å². The van der Waals surface area contributed by atoms with Gasteiger partial charge in [0, 0.05) is 52.7 Å². The van der Waals surface area contributed by atoms with Gasteiger partial charge in [0.1, 0.15) is 6.23 Å². The van der Waals surface area contributed by atoms with Crippen molar-refractivity contribution in [1.29, 1.82) is 0 Å². The van der Waals surface area contributed by atoms with Gasteiger partial charge >= 0.3 is 0 Å². The Labute approximate surface area is 407 Å². The lowest BCUT2D eigenvalue weighted by Crippen LogP contribution is -2.68. The molecule has 7 fully saturated rings. The molecule has 12 nitrogen and oxygen atoms in total. The summed E-state index contributed by atoms with van der Waals surface area (Å²) in [5.41, 5.74) is 6.47. The fourth-order valence-corrected chi connectivity index (χ4v) is 20.8. The first kappa shape index (κ1) is 50.0. The van der Waals surface area contributed by atoms with E-state index in [0.717, 1.165) is 57.1 Å². The number of nitrogens with zero attached hydrogens (tertiary/aromatic N) is 3. The van der Waals surface area contributed by atoms with Gasteiger partial charge in [-0.3, -0.25) is 9.79 Å². The molecule has 7 aliphatic carbocycles. The van der Waals surface area contributed by atoms with Crippen molar-refractivity contribution in [2.75, 3.05) is 18.9 Å². The zero-order valence-electron chi connectivity index (χ0n) is 41.0. The van der Waals surface area contributed by atoms with Gasteiger partial charge in [0.15, 0.2) is 11.7 Å². The SMILES string of the molecule is CC(O)NC(N)=NCC1CC2(CO)C3CC(C4(CCCCC4)SSCC(n4ccnc4)CC(C)(C)C(=C4CCCC5(CCCC5)C4)CC(O)C3C)C2(O)C2=CC(=O)C3CC(O)C(O)CC3(C)C21. The maximum atomic E-state index is 14.8. The van der Waals surface area contributed by atoms with E-state index in [-0.39, 0.29) is 72.9 Å². The van der Waals surface area contributed by atoms with Crippen molar-refractivity contribution < 1.29 is 35.4 Å². The maximum absolute atomic E-state index is 14.8. The first-order valence-electron chi connectivity index (χ1n) is 26.2. The van der Waals surface area contributed by atoms with Crippen LogP contribution in [-0.2, 0) is 4.79 Å². The van der Waals surface area contributed by atoms with Crippen LogP contribution in [0.4, 0.5) is 0 Å². The molecule has 0 radical (unpaired) electrons. The molecule has 9 rings (SSSR count). The molecule has 374 valence electrons. The van der Waals surface area contributed by atoms with Gasteiger partial charge in [0.25, 0.3) is 0 Å². The lowest BCUT2D eigenvalue weighted by molar-refractivity contribution is -0.186. The maximum Gasteiger partial charge on any atom is 0.190 e. The summed E-state index contributed by atoms with van der Waals surface area (Å²) in [6.45, 7) is 10.5. The van der Waals surface area contributed by atoms with E-state index in [1.165, 1.54) is 49.7 Å². The van der Waals surface area contributed by atoms with Gasteiger partial charge in [0.2, 0.25) is 0 Å². The van der Waals surface area contributed by atoms with Crippen LogP contribution in [0.3, 0.4) is 0 Å². The third-order valence-electron chi connectivity index (χ3n) is 20.0. The largest absolute Gasteiger partial charge is 0.396 e. The van der Waals surface area contributed by atoms with Gasteiger partial charge in [-0.1, -0.05) is 92.5 Å². The van der Waals surface area contributed by atoms with Gasteiger partial charge in [-0.15, -0.1) is 0 Å². The van der Waals surface area contributed by atoms with Crippen LogP contribution in [0.15, 0.2) is 46.5 Å². The number of nitrogens with one attached hydrogen (secondary N) is 1. The van der Waals surface area contributed by atoms with E-state index in [1.54, 1.807) is 13.0 Å². The van der Waals surface area contributed by atoms with Gasteiger partial charge in [-0.25, -0.2) is 4.98 Å². The molecule has 2 heterocycles. The highest BCUT2D eigenvalue weighted by atomic mass is 33.1. The number of hydrogen-bond donors (Lipinski definition) is 8. The molecule has 67 heavy (non-hydrogen) atoms. The average Bonchev–Trinajstić information content (AvgIpc) is 4.04. The minimum Gasteiger partial charge on any atom is -0.396 e.